The van der Waals surface area contributed by atoms with Gasteiger partial charge in [-0.3, -0.25) is 0 Å². The summed E-state index contributed by atoms with van der Waals surface area (Å²) in [5.41, 5.74) is 2.07. The number of nitrogens with zero attached hydrogens (tertiary/aromatic N) is 3. The fourth-order valence-electron chi connectivity index (χ4n) is 3.21. The highest BCUT2D eigenvalue weighted by atomic mass is 16.3. The number of aromatic hydroxyl groups is 2. The number of hydrogen-bond donors (Lipinski definition) is 2. The Kier molecular flexibility index (Phi) is 7.22. The highest BCUT2D eigenvalue weighted by Gasteiger charge is 2.21. The van der Waals surface area contributed by atoms with Crippen molar-refractivity contribution >= 4 is 0 Å². The van der Waals surface area contributed by atoms with Crippen LogP contribution in [0.5, 0.6) is 11.6 Å². The average molecular weight is 333 g/mol. The third-order valence-electron chi connectivity index (χ3n) is 4.58. The molecule has 2 heterocycles. The normalized spacial score (nSPS) is 11.2. The molecule has 0 aromatic carbocycles. The molecule has 2 aromatic heterocycles. The second-order valence-corrected chi connectivity index (χ2v) is 6.46. The Labute approximate surface area is 145 Å². The van der Waals surface area contributed by atoms with Gasteiger partial charge in [-0.05, 0) is 32.1 Å². The number of aryl methyl sites for hydroxylation is 1. The van der Waals surface area contributed by atoms with E-state index >= 15 is 0 Å². The van der Waals surface area contributed by atoms with Gasteiger partial charge < -0.3 is 19.3 Å². The summed E-state index contributed by atoms with van der Waals surface area (Å²) in [6, 6.07) is 0. The lowest BCUT2D eigenvalue weighted by molar-refractivity contribution is 0.364. The van der Waals surface area contributed by atoms with Crippen LogP contribution in [0, 0.1) is 0 Å². The quantitative estimate of drug-likeness (QED) is 0.604. The van der Waals surface area contributed by atoms with Crippen LogP contribution < -0.4 is 0 Å². The van der Waals surface area contributed by atoms with Gasteiger partial charge in [-0.15, -0.1) is 0 Å². The van der Waals surface area contributed by atoms with Crippen LogP contribution in [0.3, 0.4) is 0 Å². The summed E-state index contributed by atoms with van der Waals surface area (Å²) in [6.45, 7) is 5.92. The predicted octanol–water partition coefficient (Wildman–Crippen LogP) is 4.26. The molecule has 134 valence electrons. The van der Waals surface area contributed by atoms with Gasteiger partial charge in [-0.25, -0.2) is 4.98 Å². The third kappa shape index (κ3) is 4.56. The maximum Gasteiger partial charge on any atom is 0.235 e. The summed E-state index contributed by atoms with van der Waals surface area (Å²) in [6.07, 6.45) is 13.7. The zero-order chi connectivity index (χ0) is 17.4. The van der Waals surface area contributed by atoms with Crippen LogP contribution in [0.1, 0.15) is 63.6 Å². The zero-order valence-electron chi connectivity index (χ0n) is 15.0. The molecule has 0 spiro atoms. The fraction of sp³-hybridized carbons (Fsp3) is 0.632. The van der Waals surface area contributed by atoms with Crippen molar-refractivity contribution in [1.29, 1.82) is 0 Å². The second kappa shape index (κ2) is 9.40. The molecule has 0 aliphatic rings. The molecule has 5 heteroatoms. The van der Waals surface area contributed by atoms with Crippen LogP contribution in [0.15, 0.2) is 18.7 Å². The van der Waals surface area contributed by atoms with E-state index in [-0.39, 0.29) is 11.6 Å². The van der Waals surface area contributed by atoms with Gasteiger partial charge in [0, 0.05) is 36.7 Å². The van der Waals surface area contributed by atoms with E-state index in [0.717, 1.165) is 69.2 Å². The third-order valence-corrected chi connectivity index (χ3v) is 4.58. The van der Waals surface area contributed by atoms with Crippen molar-refractivity contribution in [1.82, 2.24) is 14.1 Å². The summed E-state index contributed by atoms with van der Waals surface area (Å²) in [5, 5.41) is 20.8. The van der Waals surface area contributed by atoms with E-state index in [9.17, 15) is 10.2 Å². The minimum atomic E-state index is 0.0400. The van der Waals surface area contributed by atoms with Crippen LogP contribution >= 0.6 is 0 Å². The average Bonchev–Trinajstić information content (AvgIpc) is 3.17. The molecular formula is C19H31N3O2. The van der Waals surface area contributed by atoms with Crippen molar-refractivity contribution in [2.24, 2.45) is 0 Å². The molecule has 0 aliphatic heterocycles. The van der Waals surface area contributed by atoms with Crippen molar-refractivity contribution in [3.05, 3.63) is 30.0 Å². The maximum absolute atomic E-state index is 10.4. The van der Waals surface area contributed by atoms with Crippen molar-refractivity contribution in [2.45, 2.75) is 78.3 Å². The molecule has 2 N–H and O–H groups in total. The lowest BCUT2D eigenvalue weighted by Crippen LogP contribution is -2.07. The first-order valence-electron chi connectivity index (χ1n) is 9.26. The number of aromatic nitrogens is 3. The molecule has 0 amide bonds. The zero-order valence-corrected chi connectivity index (χ0v) is 15.0. The predicted molar refractivity (Wildman–Crippen MR) is 96.4 cm³/mol. The molecule has 0 atom stereocenters. The van der Waals surface area contributed by atoms with Crippen molar-refractivity contribution < 1.29 is 10.2 Å². The standard InChI is InChI=1S/C19H31N3O2/c1-3-5-7-9-16-17(10-6-4-2)22(19(24)18(16)23)13-8-12-21-14-11-20-15-21/h11,14-15,23-24H,3-10,12-13H2,1-2H3. The van der Waals surface area contributed by atoms with E-state index in [1.165, 1.54) is 0 Å². The Hall–Kier alpha value is -1.91. The lowest BCUT2D eigenvalue weighted by Gasteiger charge is -2.12. The maximum atomic E-state index is 10.4. The highest BCUT2D eigenvalue weighted by Crippen LogP contribution is 2.37. The Morgan fingerprint density at radius 1 is 0.958 bits per heavy atom. The molecular weight excluding hydrogens is 302 g/mol. The largest absolute Gasteiger partial charge is 0.503 e. The van der Waals surface area contributed by atoms with Crippen molar-refractivity contribution in [3.63, 3.8) is 0 Å². The fourth-order valence-corrected chi connectivity index (χ4v) is 3.21. The summed E-state index contributed by atoms with van der Waals surface area (Å²) in [5.74, 6) is 0.137. The molecule has 0 saturated heterocycles. The Morgan fingerprint density at radius 3 is 2.42 bits per heavy atom. The van der Waals surface area contributed by atoms with Gasteiger partial charge in [0.05, 0.1) is 6.33 Å². The van der Waals surface area contributed by atoms with E-state index < -0.39 is 0 Å². The Morgan fingerprint density at radius 2 is 1.75 bits per heavy atom. The first kappa shape index (κ1) is 18.4. The van der Waals surface area contributed by atoms with Gasteiger partial charge >= 0.3 is 0 Å². The summed E-state index contributed by atoms with van der Waals surface area (Å²) in [7, 11) is 0. The molecule has 0 bridgehead atoms. The first-order chi connectivity index (χ1) is 11.7. The van der Waals surface area contributed by atoms with Crippen molar-refractivity contribution in [3.8, 4) is 11.6 Å². The number of rotatable bonds is 11. The molecule has 0 aliphatic carbocycles. The number of hydrogen-bond acceptors (Lipinski definition) is 3. The Bertz CT molecular complexity index is 603. The van der Waals surface area contributed by atoms with Gasteiger partial charge in [0.1, 0.15) is 0 Å². The van der Waals surface area contributed by atoms with E-state index in [1.807, 2.05) is 15.3 Å². The van der Waals surface area contributed by atoms with E-state index in [1.54, 1.807) is 12.5 Å². The summed E-state index contributed by atoms with van der Waals surface area (Å²) < 4.78 is 3.96. The molecule has 24 heavy (non-hydrogen) atoms. The molecule has 0 fully saturated rings. The summed E-state index contributed by atoms with van der Waals surface area (Å²) >= 11 is 0. The van der Waals surface area contributed by atoms with E-state index in [2.05, 4.69) is 18.8 Å². The molecule has 2 rings (SSSR count). The molecule has 0 radical (unpaired) electrons. The van der Waals surface area contributed by atoms with Crippen LogP contribution in [-0.4, -0.2) is 24.3 Å². The topological polar surface area (TPSA) is 63.2 Å². The lowest BCUT2D eigenvalue weighted by atomic mass is 10.0. The molecule has 0 saturated carbocycles. The smallest absolute Gasteiger partial charge is 0.235 e. The number of unbranched alkanes of at least 4 members (excludes halogenated alkanes) is 3. The van der Waals surface area contributed by atoms with Gasteiger partial charge in [0.25, 0.3) is 0 Å². The Balaban J connectivity index is 2.12. The van der Waals surface area contributed by atoms with Gasteiger partial charge in [-0.2, -0.15) is 0 Å². The minimum Gasteiger partial charge on any atom is -0.503 e. The van der Waals surface area contributed by atoms with Gasteiger partial charge in [-0.1, -0.05) is 33.1 Å². The minimum absolute atomic E-state index is 0.0400. The van der Waals surface area contributed by atoms with E-state index in [4.69, 9.17) is 0 Å². The van der Waals surface area contributed by atoms with E-state index in [0.29, 0.717) is 6.54 Å². The highest BCUT2D eigenvalue weighted by molar-refractivity contribution is 5.47. The van der Waals surface area contributed by atoms with Crippen LogP contribution in [-0.2, 0) is 25.9 Å². The SMILES string of the molecule is CCCCCc1c(O)c(O)n(CCCn2ccnc2)c1CCCC. The molecule has 0 unspecified atom stereocenters. The van der Waals surface area contributed by atoms with Gasteiger partial charge in [0.15, 0.2) is 5.75 Å². The van der Waals surface area contributed by atoms with Crippen LogP contribution in [0.2, 0.25) is 0 Å². The second-order valence-electron chi connectivity index (χ2n) is 6.46. The first-order valence-corrected chi connectivity index (χ1v) is 9.26. The van der Waals surface area contributed by atoms with Crippen LogP contribution in [0.4, 0.5) is 0 Å². The summed E-state index contributed by atoms with van der Waals surface area (Å²) in [4.78, 5) is 4.05. The van der Waals surface area contributed by atoms with Crippen LogP contribution in [0.25, 0.3) is 0 Å². The number of imidazole rings is 1. The molecule has 2 aromatic rings. The monoisotopic (exact) mass is 333 g/mol. The van der Waals surface area contributed by atoms with Crippen molar-refractivity contribution in [2.75, 3.05) is 0 Å². The molecule has 5 nitrogen and oxygen atoms in total. The van der Waals surface area contributed by atoms with Gasteiger partial charge in [0.2, 0.25) is 5.88 Å².